The highest BCUT2D eigenvalue weighted by atomic mass is 16.1. The quantitative estimate of drug-likeness (QED) is 0.883. The number of amides is 1. The summed E-state index contributed by atoms with van der Waals surface area (Å²) in [5.74, 6) is -0.346. The van der Waals surface area contributed by atoms with Gasteiger partial charge >= 0.3 is 0 Å². The zero-order valence-electron chi connectivity index (χ0n) is 16.0. The molecule has 2 heterocycles. The molecule has 2 saturated heterocycles. The molecule has 1 saturated carbocycles. The number of carbonyl (C=O) groups is 1. The Bertz CT molecular complexity index is 605. The third kappa shape index (κ3) is 3.96. The summed E-state index contributed by atoms with van der Waals surface area (Å²) in [5.41, 5.74) is 7.84. The van der Waals surface area contributed by atoms with Gasteiger partial charge in [-0.1, -0.05) is 18.6 Å². The monoisotopic (exact) mass is 355 g/mol. The maximum atomic E-state index is 11.2. The van der Waals surface area contributed by atoms with E-state index in [0.29, 0.717) is 11.0 Å². The molecule has 0 radical (unpaired) electrons. The number of hydrogen-bond acceptors (Lipinski definition) is 3. The smallest absolute Gasteiger partial charge is 0.248 e. The third-order valence-corrected chi connectivity index (χ3v) is 7.32. The lowest BCUT2D eigenvalue weighted by Crippen LogP contribution is -2.51. The highest BCUT2D eigenvalue weighted by Gasteiger charge is 2.39. The van der Waals surface area contributed by atoms with Crippen LogP contribution in [-0.4, -0.2) is 54.5 Å². The molecular weight excluding hydrogens is 322 g/mol. The summed E-state index contributed by atoms with van der Waals surface area (Å²) in [7, 11) is 0. The molecule has 0 atom stereocenters. The molecule has 3 fully saturated rings. The first-order valence-electron chi connectivity index (χ1n) is 10.5. The molecule has 142 valence electrons. The Hall–Kier alpha value is -1.39. The molecular formula is C22H33N3O. The number of piperidine rings is 2. The van der Waals surface area contributed by atoms with E-state index in [9.17, 15) is 4.79 Å². The average Bonchev–Trinajstić information content (AvgIpc) is 2.62. The molecule has 1 amide bonds. The van der Waals surface area contributed by atoms with E-state index in [1.165, 1.54) is 76.7 Å². The Morgan fingerprint density at radius 3 is 2.15 bits per heavy atom. The summed E-state index contributed by atoms with van der Waals surface area (Å²) in [6, 6.07) is 8.70. The van der Waals surface area contributed by atoms with Crippen molar-refractivity contribution in [2.45, 2.75) is 57.4 Å². The Balaban J connectivity index is 1.21. The Labute approximate surface area is 157 Å². The predicted octanol–water partition coefficient (Wildman–Crippen LogP) is 3.06. The van der Waals surface area contributed by atoms with Crippen molar-refractivity contribution in [3.05, 3.63) is 35.4 Å². The maximum Gasteiger partial charge on any atom is 0.248 e. The molecule has 4 nitrogen and oxygen atoms in total. The van der Waals surface area contributed by atoms with E-state index in [2.05, 4.69) is 9.80 Å². The van der Waals surface area contributed by atoms with Crippen LogP contribution in [0, 0.1) is 5.41 Å². The van der Waals surface area contributed by atoms with Gasteiger partial charge in [0.25, 0.3) is 0 Å². The average molecular weight is 356 g/mol. The van der Waals surface area contributed by atoms with Gasteiger partial charge in [-0.2, -0.15) is 0 Å². The van der Waals surface area contributed by atoms with Gasteiger partial charge in [-0.3, -0.25) is 4.79 Å². The molecule has 2 aliphatic heterocycles. The fourth-order valence-electron chi connectivity index (χ4n) is 4.99. The Kier molecular flexibility index (Phi) is 5.32. The molecule has 1 aromatic rings. The molecule has 4 rings (SSSR count). The minimum Gasteiger partial charge on any atom is -0.366 e. The molecule has 1 aromatic carbocycles. The van der Waals surface area contributed by atoms with Gasteiger partial charge < -0.3 is 15.5 Å². The van der Waals surface area contributed by atoms with Crippen LogP contribution < -0.4 is 5.73 Å². The second kappa shape index (κ2) is 7.69. The number of benzene rings is 1. The van der Waals surface area contributed by atoms with E-state index >= 15 is 0 Å². The first-order valence-corrected chi connectivity index (χ1v) is 10.5. The SMILES string of the molecule is NC(=O)c1ccc(CCN2CCC3(CC2)CCN(C2CCC2)CC3)cc1. The van der Waals surface area contributed by atoms with E-state index < -0.39 is 0 Å². The van der Waals surface area contributed by atoms with Gasteiger partial charge in [0.2, 0.25) is 5.91 Å². The second-order valence-corrected chi connectivity index (χ2v) is 8.77. The second-order valence-electron chi connectivity index (χ2n) is 8.77. The van der Waals surface area contributed by atoms with Crippen LogP contribution in [0.3, 0.4) is 0 Å². The number of rotatable bonds is 5. The third-order valence-electron chi connectivity index (χ3n) is 7.32. The van der Waals surface area contributed by atoms with Crippen LogP contribution in [0.15, 0.2) is 24.3 Å². The standard InChI is InChI=1S/C22H33N3O/c23-21(26)19-6-4-18(5-7-19)8-13-24-14-9-22(10-15-24)11-16-25(17-12-22)20-2-1-3-20/h4-7,20H,1-3,8-17H2,(H2,23,26). The fourth-order valence-corrected chi connectivity index (χ4v) is 4.99. The topological polar surface area (TPSA) is 49.6 Å². The van der Waals surface area contributed by atoms with Crippen LogP contribution in [0.1, 0.15) is 60.9 Å². The molecule has 26 heavy (non-hydrogen) atoms. The molecule has 3 aliphatic rings. The van der Waals surface area contributed by atoms with Gasteiger partial charge in [0.05, 0.1) is 0 Å². The normalized spacial score (nSPS) is 24.5. The number of primary amides is 1. The van der Waals surface area contributed by atoms with E-state index in [1.54, 1.807) is 0 Å². The molecule has 1 spiro atoms. The van der Waals surface area contributed by atoms with Crippen LogP contribution >= 0.6 is 0 Å². The summed E-state index contributed by atoms with van der Waals surface area (Å²) in [6.07, 6.45) is 11.0. The summed E-state index contributed by atoms with van der Waals surface area (Å²) in [5, 5.41) is 0. The Morgan fingerprint density at radius 1 is 1.00 bits per heavy atom. The van der Waals surface area contributed by atoms with Gasteiger partial charge in [-0.25, -0.2) is 0 Å². The highest BCUT2D eigenvalue weighted by Crippen LogP contribution is 2.42. The lowest BCUT2D eigenvalue weighted by Gasteiger charge is -2.50. The zero-order valence-corrected chi connectivity index (χ0v) is 16.0. The molecule has 1 aliphatic carbocycles. The molecule has 0 unspecified atom stereocenters. The fraction of sp³-hybridized carbons (Fsp3) is 0.682. The van der Waals surface area contributed by atoms with Gasteiger partial charge in [0.15, 0.2) is 0 Å². The number of nitrogens with two attached hydrogens (primary N) is 1. The van der Waals surface area contributed by atoms with Crippen LogP contribution in [0.25, 0.3) is 0 Å². The summed E-state index contributed by atoms with van der Waals surface area (Å²) >= 11 is 0. The van der Waals surface area contributed by atoms with Crippen LogP contribution in [-0.2, 0) is 6.42 Å². The van der Waals surface area contributed by atoms with Gasteiger partial charge in [-0.05, 0) is 94.2 Å². The van der Waals surface area contributed by atoms with E-state index in [-0.39, 0.29) is 5.91 Å². The summed E-state index contributed by atoms with van der Waals surface area (Å²) in [4.78, 5) is 16.6. The number of carbonyl (C=O) groups excluding carboxylic acids is 1. The molecule has 0 aromatic heterocycles. The number of likely N-dealkylation sites (tertiary alicyclic amines) is 2. The molecule has 4 heteroatoms. The van der Waals surface area contributed by atoms with Crippen LogP contribution in [0.2, 0.25) is 0 Å². The van der Waals surface area contributed by atoms with Gasteiger partial charge in [-0.15, -0.1) is 0 Å². The lowest BCUT2D eigenvalue weighted by atomic mass is 9.70. The maximum absolute atomic E-state index is 11.2. The number of hydrogen-bond donors (Lipinski definition) is 1. The van der Waals surface area contributed by atoms with Crippen molar-refractivity contribution in [3.63, 3.8) is 0 Å². The van der Waals surface area contributed by atoms with Crippen molar-refractivity contribution in [3.8, 4) is 0 Å². The minimum atomic E-state index is -0.346. The Morgan fingerprint density at radius 2 is 1.62 bits per heavy atom. The lowest BCUT2D eigenvalue weighted by molar-refractivity contribution is 0.00542. The first-order chi connectivity index (χ1) is 12.6. The van der Waals surface area contributed by atoms with Crippen molar-refractivity contribution in [2.75, 3.05) is 32.7 Å². The summed E-state index contributed by atoms with van der Waals surface area (Å²) < 4.78 is 0. The zero-order chi connectivity index (χ0) is 18.0. The predicted molar refractivity (Wildman–Crippen MR) is 105 cm³/mol. The van der Waals surface area contributed by atoms with Crippen LogP contribution in [0.5, 0.6) is 0 Å². The van der Waals surface area contributed by atoms with Crippen molar-refractivity contribution in [1.29, 1.82) is 0 Å². The van der Waals surface area contributed by atoms with Crippen LogP contribution in [0.4, 0.5) is 0 Å². The first kappa shape index (κ1) is 18.0. The number of nitrogens with zero attached hydrogens (tertiary/aromatic N) is 2. The largest absolute Gasteiger partial charge is 0.366 e. The molecule has 2 N–H and O–H groups in total. The van der Waals surface area contributed by atoms with Gasteiger partial charge in [0.1, 0.15) is 0 Å². The van der Waals surface area contributed by atoms with E-state index in [0.717, 1.165) is 19.0 Å². The van der Waals surface area contributed by atoms with E-state index in [4.69, 9.17) is 5.73 Å². The molecule has 0 bridgehead atoms. The van der Waals surface area contributed by atoms with Crippen molar-refractivity contribution in [1.82, 2.24) is 9.80 Å². The van der Waals surface area contributed by atoms with Crippen molar-refractivity contribution in [2.24, 2.45) is 11.1 Å². The minimum absolute atomic E-state index is 0.346. The van der Waals surface area contributed by atoms with Gasteiger partial charge in [0, 0.05) is 18.2 Å². The van der Waals surface area contributed by atoms with E-state index in [1.807, 2.05) is 24.3 Å². The van der Waals surface area contributed by atoms with Crippen molar-refractivity contribution < 1.29 is 4.79 Å². The highest BCUT2D eigenvalue weighted by molar-refractivity contribution is 5.92. The summed E-state index contributed by atoms with van der Waals surface area (Å²) in [6.45, 7) is 6.32. The van der Waals surface area contributed by atoms with Crippen molar-refractivity contribution >= 4 is 5.91 Å².